The van der Waals surface area contributed by atoms with Gasteiger partial charge in [-0.05, 0) is 17.5 Å². The number of aldehydes is 1. The summed E-state index contributed by atoms with van der Waals surface area (Å²) in [5, 5.41) is 10.8. The van der Waals surface area contributed by atoms with Crippen molar-refractivity contribution in [2.24, 2.45) is 5.92 Å². The smallest absolute Gasteiger partial charge is 0.279 e. The predicted molar refractivity (Wildman–Crippen MR) is 68.7 cm³/mol. The summed E-state index contributed by atoms with van der Waals surface area (Å²) < 4.78 is 0. The van der Waals surface area contributed by atoms with Crippen LogP contribution in [0.25, 0.3) is 0 Å². The standard InChI is InChI=1S/C14H13NO3/c1-10-4-2-3-5-13(10)11-6-7-14(15(17)18)12(8-11)9-16/h2-10,13H,1H3. The molecule has 0 saturated heterocycles. The van der Waals surface area contributed by atoms with Gasteiger partial charge >= 0.3 is 0 Å². The molecular formula is C14H13NO3. The number of hydrogen-bond acceptors (Lipinski definition) is 3. The molecule has 1 aromatic rings. The minimum atomic E-state index is -0.534. The highest BCUT2D eigenvalue weighted by Gasteiger charge is 2.20. The molecule has 2 atom stereocenters. The Hall–Kier alpha value is -2.23. The first-order chi connectivity index (χ1) is 8.63. The van der Waals surface area contributed by atoms with E-state index in [-0.39, 0.29) is 17.2 Å². The summed E-state index contributed by atoms with van der Waals surface area (Å²) >= 11 is 0. The maximum atomic E-state index is 10.9. The summed E-state index contributed by atoms with van der Waals surface area (Å²) in [5.74, 6) is 0.477. The third kappa shape index (κ3) is 2.22. The van der Waals surface area contributed by atoms with Gasteiger partial charge in [0.25, 0.3) is 5.69 Å². The number of rotatable bonds is 3. The topological polar surface area (TPSA) is 60.2 Å². The van der Waals surface area contributed by atoms with Gasteiger partial charge in [0.05, 0.1) is 10.5 Å². The Balaban J connectivity index is 2.41. The molecular weight excluding hydrogens is 230 g/mol. The highest BCUT2D eigenvalue weighted by Crippen LogP contribution is 2.32. The monoisotopic (exact) mass is 243 g/mol. The number of nitro groups is 1. The molecule has 1 aliphatic carbocycles. The molecule has 0 fully saturated rings. The van der Waals surface area contributed by atoms with E-state index in [1.807, 2.05) is 18.2 Å². The summed E-state index contributed by atoms with van der Waals surface area (Å²) in [6, 6.07) is 4.73. The van der Waals surface area contributed by atoms with Crippen molar-refractivity contribution in [3.63, 3.8) is 0 Å². The van der Waals surface area contributed by atoms with Crippen molar-refractivity contribution in [1.82, 2.24) is 0 Å². The maximum absolute atomic E-state index is 10.9. The van der Waals surface area contributed by atoms with Crippen LogP contribution in [0.2, 0.25) is 0 Å². The molecule has 18 heavy (non-hydrogen) atoms. The van der Waals surface area contributed by atoms with E-state index in [1.165, 1.54) is 6.07 Å². The van der Waals surface area contributed by atoms with Crippen molar-refractivity contribution >= 4 is 12.0 Å². The maximum Gasteiger partial charge on any atom is 0.279 e. The van der Waals surface area contributed by atoms with E-state index in [1.54, 1.807) is 12.1 Å². The Bertz CT molecular complexity index is 546. The third-order valence-corrected chi connectivity index (χ3v) is 3.17. The molecule has 2 rings (SSSR count). The molecule has 0 heterocycles. The predicted octanol–water partition coefficient (Wildman–Crippen LogP) is 3.25. The Morgan fingerprint density at radius 1 is 1.28 bits per heavy atom. The molecule has 0 aliphatic heterocycles. The quantitative estimate of drug-likeness (QED) is 0.465. The van der Waals surface area contributed by atoms with Crippen LogP contribution in [0.15, 0.2) is 42.5 Å². The first kappa shape index (κ1) is 12.2. The molecule has 0 radical (unpaired) electrons. The summed E-state index contributed by atoms with van der Waals surface area (Å²) in [7, 11) is 0. The van der Waals surface area contributed by atoms with Crippen LogP contribution < -0.4 is 0 Å². The Kier molecular flexibility index (Phi) is 3.37. The second-order valence-electron chi connectivity index (χ2n) is 4.35. The number of nitro benzene ring substituents is 1. The zero-order valence-electron chi connectivity index (χ0n) is 9.95. The van der Waals surface area contributed by atoms with Gasteiger partial charge in [-0.3, -0.25) is 14.9 Å². The molecule has 4 heteroatoms. The van der Waals surface area contributed by atoms with Gasteiger partial charge < -0.3 is 0 Å². The number of allylic oxidation sites excluding steroid dienone is 4. The molecule has 0 aromatic heterocycles. The number of carbonyl (C=O) groups excluding carboxylic acids is 1. The zero-order valence-corrected chi connectivity index (χ0v) is 9.95. The first-order valence-electron chi connectivity index (χ1n) is 5.72. The number of nitrogens with zero attached hydrogens (tertiary/aromatic N) is 1. The fraction of sp³-hybridized carbons (Fsp3) is 0.214. The van der Waals surface area contributed by atoms with E-state index in [0.29, 0.717) is 12.2 Å². The van der Waals surface area contributed by atoms with Gasteiger partial charge in [-0.1, -0.05) is 37.3 Å². The van der Waals surface area contributed by atoms with Gasteiger partial charge in [0.1, 0.15) is 0 Å². The van der Waals surface area contributed by atoms with Gasteiger partial charge in [0.2, 0.25) is 0 Å². The normalized spacial score (nSPS) is 21.8. The van der Waals surface area contributed by atoms with Crippen LogP contribution in [-0.4, -0.2) is 11.2 Å². The van der Waals surface area contributed by atoms with E-state index in [2.05, 4.69) is 13.0 Å². The first-order valence-corrected chi connectivity index (χ1v) is 5.72. The van der Waals surface area contributed by atoms with E-state index in [9.17, 15) is 14.9 Å². The van der Waals surface area contributed by atoms with Crippen LogP contribution in [0.4, 0.5) is 5.69 Å². The lowest BCUT2D eigenvalue weighted by Gasteiger charge is -2.20. The van der Waals surface area contributed by atoms with E-state index in [0.717, 1.165) is 5.56 Å². The average molecular weight is 243 g/mol. The molecule has 0 amide bonds. The SMILES string of the molecule is CC1C=CC=CC1c1ccc([N+](=O)[O-])c(C=O)c1. The van der Waals surface area contributed by atoms with Crippen LogP contribution in [0.5, 0.6) is 0 Å². The van der Waals surface area contributed by atoms with Crippen molar-refractivity contribution < 1.29 is 9.72 Å². The van der Waals surface area contributed by atoms with Crippen molar-refractivity contribution in [2.75, 3.05) is 0 Å². The average Bonchev–Trinajstić information content (AvgIpc) is 2.38. The summed E-state index contributed by atoms with van der Waals surface area (Å²) in [5.41, 5.74) is 0.917. The molecule has 0 saturated carbocycles. The van der Waals surface area contributed by atoms with E-state index < -0.39 is 4.92 Å². The highest BCUT2D eigenvalue weighted by atomic mass is 16.6. The van der Waals surface area contributed by atoms with Crippen LogP contribution in [0.3, 0.4) is 0 Å². The number of hydrogen-bond donors (Lipinski definition) is 0. The largest absolute Gasteiger partial charge is 0.298 e. The van der Waals surface area contributed by atoms with Gasteiger partial charge in [0, 0.05) is 12.0 Å². The summed E-state index contributed by atoms with van der Waals surface area (Å²) in [6.07, 6.45) is 8.58. The molecule has 92 valence electrons. The van der Waals surface area contributed by atoms with Gasteiger partial charge in [-0.2, -0.15) is 0 Å². The van der Waals surface area contributed by atoms with Crippen LogP contribution in [0.1, 0.15) is 28.8 Å². The lowest BCUT2D eigenvalue weighted by atomic mass is 9.83. The molecule has 1 aliphatic rings. The highest BCUT2D eigenvalue weighted by molar-refractivity contribution is 5.81. The van der Waals surface area contributed by atoms with Crippen LogP contribution >= 0.6 is 0 Å². The van der Waals surface area contributed by atoms with Crippen molar-refractivity contribution in [1.29, 1.82) is 0 Å². The van der Waals surface area contributed by atoms with Crippen molar-refractivity contribution in [3.8, 4) is 0 Å². The zero-order chi connectivity index (χ0) is 13.1. The Morgan fingerprint density at radius 3 is 2.61 bits per heavy atom. The van der Waals surface area contributed by atoms with Gasteiger partial charge in [-0.15, -0.1) is 0 Å². The third-order valence-electron chi connectivity index (χ3n) is 3.17. The number of carbonyl (C=O) groups is 1. The van der Waals surface area contributed by atoms with Crippen LogP contribution in [-0.2, 0) is 0 Å². The van der Waals surface area contributed by atoms with Gasteiger partial charge in [0.15, 0.2) is 6.29 Å². The van der Waals surface area contributed by atoms with Crippen molar-refractivity contribution in [2.45, 2.75) is 12.8 Å². The molecule has 4 nitrogen and oxygen atoms in total. The lowest BCUT2D eigenvalue weighted by Crippen LogP contribution is -2.08. The Labute approximate surface area is 105 Å². The van der Waals surface area contributed by atoms with Crippen molar-refractivity contribution in [3.05, 3.63) is 63.7 Å². The minimum absolute atomic E-state index is 0.132. The van der Waals surface area contributed by atoms with Crippen LogP contribution in [0, 0.1) is 16.0 Å². The molecule has 0 N–H and O–H groups in total. The van der Waals surface area contributed by atoms with Gasteiger partial charge in [-0.25, -0.2) is 0 Å². The molecule has 0 spiro atoms. The van der Waals surface area contributed by atoms with E-state index in [4.69, 9.17) is 0 Å². The molecule has 2 unspecified atom stereocenters. The minimum Gasteiger partial charge on any atom is -0.298 e. The second kappa shape index (κ2) is 4.96. The second-order valence-corrected chi connectivity index (χ2v) is 4.35. The summed E-state index contributed by atoms with van der Waals surface area (Å²) in [6.45, 7) is 2.08. The summed E-state index contributed by atoms with van der Waals surface area (Å²) in [4.78, 5) is 21.1. The fourth-order valence-electron chi connectivity index (χ4n) is 2.17. The van der Waals surface area contributed by atoms with E-state index >= 15 is 0 Å². The molecule has 0 bridgehead atoms. The fourth-order valence-corrected chi connectivity index (χ4v) is 2.17. The Morgan fingerprint density at radius 2 is 2.00 bits per heavy atom. The lowest BCUT2D eigenvalue weighted by molar-refractivity contribution is -0.385. The molecule has 1 aromatic carbocycles. The number of benzene rings is 1.